The SMILES string of the molecule is CC(C)(C)c1nn(-c2ccc(F)cc2)c2[nH]c(=O)c(CNC[C@H]3COCCO3)cc12. The van der Waals surface area contributed by atoms with Gasteiger partial charge in [-0.1, -0.05) is 20.8 Å². The molecule has 0 bridgehead atoms. The highest BCUT2D eigenvalue weighted by atomic mass is 19.1. The molecule has 1 aliphatic rings. The molecule has 3 heterocycles. The highest BCUT2D eigenvalue weighted by Crippen LogP contribution is 2.30. The highest BCUT2D eigenvalue weighted by Gasteiger charge is 2.24. The van der Waals surface area contributed by atoms with E-state index in [1.807, 2.05) is 6.07 Å². The number of hydrogen-bond donors (Lipinski definition) is 2. The van der Waals surface area contributed by atoms with Gasteiger partial charge in [0.25, 0.3) is 5.56 Å². The topological polar surface area (TPSA) is 81.2 Å². The first-order valence-electron chi connectivity index (χ1n) is 10.1. The second-order valence-corrected chi connectivity index (χ2v) is 8.57. The molecule has 160 valence electrons. The van der Waals surface area contributed by atoms with Crippen LogP contribution in [0.1, 0.15) is 32.0 Å². The Labute approximate surface area is 174 Å². The van der Waals surface area contributed by atoms with Gasteiger partial charge < -0.3 is 19.8 Å². The van der Waals surface area contributed by atoms with Gasteiger partial charge in [0.2, 0.25) is 0 Å². The lowest BCUT2D eigenvalue weighted by Gasteiger charge is -2.23. The van der Waals surface area contributed by atoms with Crippen molar-refractivity contribution in [3.05, 3.63) is 57.8 Å². The lowest BCUT2D eigenvalue weighted by atomic mass is 9.90. The Morgan fingerprint density at radius 3 is 2.70 bits per heavy atom. The summed E-state index contributed by atoms with van der Waals surface area (Å²) in [5.74, 6) is -0.319. The number of hydrogen-bond acceptors (Lipinski definition) is 5. The van der Waals surface area contributed by atoms with Gasteiger partial charge in [-0.3, -0.25) is 4.79 Å². The molecule has 2 N–H and O–H groups in total. The molecule has 3 aromatic rings. The van der Waals surface area contributed by atoms with Crippen LogP contribution in [0.25, 0.3) is 16.7 Å². The van der Waals surface area contributed by atoms with Gasteiger partial charge >= 0.3 is 0 Å². The lowest BCUT2D eigenvalue weighted by molar-refractivity contribution is -0.0864. The maximum absolute atomic E-state index is 13.4. The number of nitrogens with zero attached hydrogens (tertiary/aromatic N) is 2. The highest BCUT2D eigenvalue weighted by molar-refractivity contribution is 5.81. The van der Waals surface area contributed by atoms with E-state index in [-0.39, 0.29) is 22.9 Å². The van der Waals surface area contributed by atoms with Gasteiger partial charge in [-0.2, -0.15) is 5.10 Å². The third kappa shape index (κ3) is 4.30. The Morgan fingerprint density at radius 2 is 2.03 bits per heavy atom. The number of benzene rings is 1. The normalized spacial score (nSPS) is 17.5. The van der Waals surface area contributed by atoms with E-state index in [0.717, 1.165) is 11.1 Å². The largest absolute Gasteiger partial charge is 0.376 e. The van der Waals surface area contributed by atoms with Gasteiger partial charge in [0.05, 0.1) is 37.3 Å². The molecule has 0 aliphatic carbocycles. The van der Waals surface area contributed by atoms with Gasteiger partial charge in [-0.05, 0) is 30.3 Å². The van der Waals surface area contributed by atoms with Crippen LogP contribution in [0.2, 0.25) is 0 Å². The fourth-order valence-electron chi connectivity index (χ4n) is 3.59. The molecule has 7 nitrogen and oxygen atoms in total. The zero-order valence-corrected chi connectivity index (χ0v) is 17.5. The molecule has 1 aliphatic heterocycles. The Kier molecular flexibility index (Phi) is 5.73. The van der Waals surface area contributed by atoms with Crippen LogP contribution in [-0.4, -0.2) is 47.2 Å². The van der Waals surface area contributed by atoms with Gasteiger partial charge in [0, 0.05) is 29.5 Å². The van der Waals surface area contributed by atoms with Crippen LogP contribution in [-0.2, 0) is 21.4 Å². The molecule has 1 saturated heterocycles. The average molecular weight is 414 g/mol. The molecular formula is C22H27FN4O3. The number of rotatable bonds is 5. The molecule has 1 atom stereocenters. The van der Waals surface area contributed by atoms with Crippen molar-refractivity contribution in [1.82, 2.24) is 20.1 Å². The summed E-state index contributed by atoms with van der Waals surface area (Å²) in [7, 11) is 0. The maximum Gasteiger partial charge on any atom is 0.254 e. The number of aromatic amines is 1. The van der Waals surface area contributed by atoms with E-state index in [4.69, 9.17) is 14.6 Å². The van der Waals surface area contributed by atoms with Crippen LogP contribution in [0.3, 0.4) is 0 Å². The Morgan fingerprint density at radius 1 is 1.27 bits per heavy atom. The van der Waals surface area contributed by atoms with E-state index < -0.39 is 0 Å². The summed E-state index contributed by atoms with van der Waals surface area (Å²) in [6.07, 6.45) is -0.00655. The molecule has 4 rings (SSSR count). The molecule has 0 amide bonds. The third-order valence-electron chi connectivity index (χ3n) is 5.12. The lowest BCUT2D eigenvalue weighted by Crippen LogP contribution is -2.37. The third-order valence-corrected chi connectivity index (χ3v) is 5.12. The van der Waals surface area contributed by atoms with Crippen molar-refractivity contribution in [1.29, 1.82) is 0 Å². The standard InChI is InChI=1S/C22H27FN4O3/c1-22(2,3)19-18-10-14(11-24-12-17-13-29-8-9-30-17)21(28)25-20(18)27(26-19)16-6-4-15(23)5-7-16/h4-7,10,17,24H,8-9,11-13H2,1-3H3,(H,25,28)/t17-/m0/s1. The average Bonchev–Trinajstić information content (AvgIpc) is 3.08. The molecule has 2 aromatic heterocycles. The molecule has 30 heavy (non-hydrogen) atoms. The van der Waals surface area contributed by atoms with Crippen LogP contribution in [0.5, 0.6) is 0 Å². The molecule has 1 fully saturated rings. The number of fused-ring (bicyclic) bond motifs is 1. The van der Waals surface area contributed by atoms with Gasteiger partial charge in [-0.15, -0.1) is 0 Å². The fraction of sp³-hybridized carbons (Fsp3) is 0.455. The first kappa shape index (κ1) is 20.7. The minimum absolute atomic E-state index is 0.00655. The summed E-state index contributed by atoms with van der Waals surface area (Å²) in [6.45, 7) is 9.03. The Hall–Kier alpha value is -2.55. The van der Waals surface area contributed by atoms with Crippen molar-refractivity contribution in [3.63, 3.8) is 0 Å². The number of pyridine rings is 1. The maximum atomic E-state index is 13.4. The molecular weight excluding hydrogens is 387 g/mol. The summed E-state index contributed by atoms with van der Waals surface area (Å²) < 4.78 is 26.1. The van der Waals surface area contributed by atoms with E-state index in [9.17, 15) is 9.18 Å². The minimum atomic E-state index is -0.319. The summed E-state index contributed by atoms with van der Waals surface area (Å²) in [6, 6.07) is 7.95. The zero-order chi connectivity index (χ0) is 21.3. The molecule has 0 spiro atoms. The van der Waals surface area contributed by atoms with Gasteiger partial charge in [0.1, 0.15) is 11.5 Å². The smallest absolute Gasteiger partial charge is 0.254 e. The van der Waals surface area contributed by atoms with E-state index in [1.54, 1.807) is 16.8 Å². The van der Waals surface area contributed by atoms with Crippen molar-refractivity contribution in [3.8, 4) is 5.69 Å². The van der Waals surface area contributed by atoms with Crippen molar-refractivity contribution in [2.24, 2.45) is 0 Å². The molecule has 0 unspecified atom stereocenters. The van der Waals surface area contributed by atoms with E-state index in [1.165, 1.54) is 12.1 Å². The zero-order valence-electron chi connectivity index (χ0n) is 17.5. The number of aromatic nitrogens is 3. The van der Waals surface area contributed by atoms with Crippen molar-refractivity contribution in [2.75, 3.05) is 26.4 Å². The van der Waals surface area contributed by atoms with Gasteiger partial charge in [0.15, 0.2) is 0 Å². The van der Waals surface area contributed by atoms with Crippen LogP contribution < -0.4 is 10.9 Å². The van der Waals surface area contributed by atoms with Crippen LogP contribution in [0, 0.1) is 5.82 Å². The van der Waals surface area contributed by atoms with Crippen molar-refractivity contribution < 1.29 is 13.9 Å². The minimum Gasteiger partial charge on any atom is -0.376 e. The molecule has 0 radical (unpaired) electrons. The van der Waals surface area contributed by atoms with Crippen LogP contribution >= 0.6 is 0 Å². The predicted molar refractivity (Wildman–Crippen MR) is 113 cm³/mol. The summed E-state index contributed by atoms with van der Waals surface area (Å²) in [5, 5.41) is 8.92. The summed E-state index contributed by atoms with van der Waals surface area (Å²) in [4.78, 5) is 15.7. The number of H-pyrrole nitrogens is 1. The van der Waals surface area contributed by atoms with Crippen molar-refractivity contribution >= 4 is 11.0 Å². The van der Waals surface area contributed by atoms with E-state index in [0.29, 0.717) is 49.8 Å². The first-order chi connectivity index (χ1) is 14.3. The summed E-state index contributed by atoms with van der Waals surface area (Å²) >= 11 is 0. The van der Waals surface area contributed by atoms with Crippen LogP contribution in [0.4, 0.5) is 4.39 Å². The van der Waals surface area contributed by atoms with E-state index >= 15 is 0 Å². The monoisotopic (exact) mass is 414 g/mol. The van der Waals surface area contributed by atoms with E-state index in [2.05, 4.69) is 31.1 Å². The second kappa shape index (κ2) is 8.29. The first-order valence-corrected chi connectivity index (χ1v) is 10.1. The molecule has 0 saturated carbocycles. The van der Waals surface area contributed by atoms with Crippen LogP contribution in [0.15, 0.2) is 35.1 Å². The molecule has 1 aromatic carbocycles. The second-order valence-electron chi connectivity index (χ2n) is 8.57. The molecule has 8 heteroatoms. The predicted octanol–water partition coefficient (Wildman–Crippen LogP) is 2.66. The van der Waals surface area contributed by atoms with Crippen molar-refractivity contribution in [2.45, 2.75) is 38.8 Å². The Bertz CT molecular complexity index is 1080. The quantitative estimate of drug-likeness (QED) is 0.671. The Balaban J connectivity index is 1.68. The number of halogens is 1. The fourth-order valence-corrected chi connectivity index (χ4v) is 3.59. The number of ether oxygens (including phenoxy) is 2. The summed E-state index contributed by atoms with van der Waals surface area (Å²) in [5.41, 5.74) is 2.36. The van der Waals surface area contributed by atoms with Gasteiger partial charge in [-0.25, -0.2) is 9.07 Å². The number of nitrogens with one attached hydrogen (secondary N) is 2.